The molecule has 4 aromatic carbocycles. The summed E-state index contributed by atoms with van der Waals surface area (Å²) in [5.74, 6) is -1.75. The van der Waals surface area contributed by atoms with Crippen LogP contribution in [-0.2, 0) is 31.0 Å². The van der Waals surface area contributed by atoms with Crippen molar-refractivity contribution in [2.75, 3.05) is 20.9 Å². The van der Waals surface area contributed by atoms with Crippen molar-refractivity contribution in [3.05, 3.63) is 113 Å². The molecular weight excluding hydrogens is 622 g/mol. The number of alkyl halides is 3. The van der Waals surface area contributed by atoms with Crippen LogP contribution in [0.4, 0.5) is 34.6 Å². The Balaban J connectivity index is 1.52. The zero-order chi connectivity index (χ0) is 30.7. The number of nitrogens with zero attached hydrogens (tertiary/aromatic N) is 1. The first-order valence-electron chi connectivity index (χ1n) is 11.8. The SMILES string of the molecule is O=C(CN(c1ccccc1F)S(=O)(=O)c1ccccc1)Nc1ccc(S(=O)(=O)Nc2ccc(Cl)c(C(F)(F)F)c2)cc1. The number of carbonyl (C=O) groups is 1. The smallest absolute Gasteiger partial charge is 0.325 e. The molecule has 0 radical (unpaired) electrons. The molecule has 2 N–H and O–H groups in total. The molecule has 220 valence electrons. The van der Waals surface area contributed by atoms with Gasteiger partial charge < -0.3 is 5.32 Å². The highest BCUT2D eigenvalue weighted by Crippen LogP contribution is 2.36. The van der Waals surface area contributed by atoms with E-state index in [9.17, 15) is 39.2 Å². The Kier molecular flexibility index (Phi) is 8.80. The van der Waals surface area contributed by atoms with Gasteiger partial charge in [-0.1, -0.05) is 41.9 Å². The normalized spacial score (nSPS) is 12.0. The number of nitrogens with one attached hydrogen (secondary N) is 2. The Morgan fingerprint density at radius 1 is 0.786 bits per heavy atom. The number of para-hydroxylation sites is 1. The highest BCUT2D eigenvalue weighted by atomic mass is 35.5. The molecule has 0 aliphatic heterocycles. The van der Waals surface area contributed by atoms with E-state index >= 15 is 0 Å². The van der Waals surface area contributed by atoms with Crippen molar-refractivity contribution in [2.24, 2.45) is 0 Å². The van der Waals surface area contributed by atoms with E-state index in [4.69, 9.17) is 11.6 Å². The van der Waals surface area contributed by atoms with Gasteiger partial charge in [0.15, 0.2) is 0 Å². The van der Waals surface area contributed by atoms with E-state index in [1.54, 1.807) is 6.07 Å². The molecule has 0 fully saturated rings. The van der Waals surface area contributed by atoms with Crippen molar-refractivity contribution in [2.45, 2.75) is 16.0 Å². The number of rotatable bonds is 9. The van der Waals surface area contributed by atoms with Gasteiger partial charge in [0.05, 0.1) is 26.1 Å². The average molecular weight is 642 g/mol. The van der Waals surface area contributed by atoms with Crippen molar-refractivity contribution < 1.29 is 39.2 Å². The van der Waals surface area contributed by atoms with E-state index in [1.165, 1.54) is 54.6 Å². The first-order valence-corrected chi connectivity index (χ1v) is 15.1. The van der Waals surface area contributed by atoms with Gasteiger partial charge in [0, 0.05) is 11.4 Å². The summed E-state index contributed by atoms with van der Waals surface area (Å²) in [6.07, 6.45) is -4.80. The molecule has 0 bridgehead atoms. The number of hydrogen-bond acceptors (Lipinski definition) is 5. The van der Waals surface area contributed by atoms with E-state index in [0.29, 0.717) is 10.4 Å². The maximum Gasteiger partial charge on any atom is 0.417 e. The maximum atomic E-state index is 14.6. The molecule has 1 amide bonds. The zero-order valence-corrected chi connectivity index (χ0v) is 23.5. The fourth-order valence-corrected chi connectivity index (χ4v) is 6.47. The summed E-state index contributed by atoms with van der Waals surface area (Å²) in [4.78, 5) is 12.4. The van der Waals surface area contributed by atoms with Gasteiger partial charge in [0.1, 0.15) is 12.4 Å². The second-order valence-electron chi connectivity index (χ2n) is 8.65. The third-order valence-corrected chi connectivity index (χ3v) is 9.21. The summed E-state index contributed by atoms with van der Waals surface area (Å²) < 4.78 is 109. The molecular formula is C27H20ClF4N3O5S2. The van der Waals surface area contributed by atoms with Crippen LogP contribution in [0.3, 0.4) is 0 Å². The van der Waals surface area contributed by atoms with E-state index < -0.39 is 55.1 Å². The minimum absolute atomic E-state index is 0.0652. The van der Waals surface area contributed by atoms with Crippen LogP contribution in [0.25, 0.3) is 0 Å². The van der Waals surface area contributed by atoms with Crippen LogP contribution in [0.2, 0.25) is 5.02 Å². The summed E-state index contributed by atoms with van der Waals surface area (Å²) in [5, 5.41) is 1.82. The highest BCUT2D eigenvalue weighted by Gasteiger charge is 2.34. The standard InChI is InChI=1S/C27H20ClF4N3O5S2/c28-23-15-12-19(16-22(23)27(30,31)32)34-41(37,38)20-13-10-18(11-14-20)33-26(36)17-35(25-9-5-4-8-24(25)29)42(39,40)21-6-2-1-3-7-21/h1-16,34H,17H2,(H,33,36). The lowest BCUT2D eigenvalue weighted by atomic mass is 10.2. The van der Waals surface area contributed by atoms with Gasteiger partial charge in [0.25, 0.3) is 20.0 Å². The van der Waals surface area contributed by atoms with Crippen LogP contribution in [0, 0.1) is 5.82 Å². The van der Waals surface area contributed by atoms with E-state index in [2.05, 4.69) is 5.32 Å². The van der Waals surface area contributed by atoms with E-state index in [-0.39, 0.29) is 26.9 Å². The quantitative estimate of drug-likeness (QED) is 0.214. The molecule has 0 spiro atoms. The molecule has 0 aliphatic carbocycles. The minimum atomic E-state index is -4.80. The molecule has 0 unspecified atom stereocenters. The van der Waals surface area contributed by atoms with Gasteiger partial charge in [-0.05, 0) is 66.7 Å². The Morgan fingerprint density at radius 3 is 2.00 bits per heavy atom. The van der Waals surface area contributed by atoms with Crippen LogP contribution < -0.4 is 14.3 Å². The summed E-state index contributed by atoms with van der Waals surface area (Å²) in [7, 11) is -8.71. The molecule has 4 aromatic rings. The largest absolute Gasteiger partial charge is 0.417 e. The molecule has 0 aliphatic rings. The maximum absolute atomic E-state index is 14.6. The summed E-state index contributed by atoms with van der Waals surface area (Å²) in [6.45, 7) is -0.822. The van der Waals surface area contributed by atoms with Crippen LogP contribution >= 0.6 is 11.6 Å². The van der Waals surface area contributed by atoms with Crippen molar-refractivity contribution in [1.29, 1.82) is 0 Å². The summed E-state index contributed by atoms with van der Waals surface area (Å²) >= 11 is 5.57. The predicted molar refractivity (Wildman–Crippen MR) is 150 cm³/mol. The molecule has 8 nitrogen and oxygen atoms in total. The molecule has 0 aromatic heterocycles. The number of sulfonamides is 2. The lowest BCUT2D eigenvalue weighted by Gasteiger charge is -2.24. The van der Waals surface area contributed by atoms with Gasteiger partial charge in [-0.3, -0.25) is 13.8 Å². The molecule has 42 heavy (non-hydrogen) atoms. The third-order valence-electron chi connectivity index (χ3n) is 5.71. The lowest BCUT2D eigenvalue weighted by molar-refractivity contribution is -0.137. The number of carbonyl (C=O) groups excluding carboxylic acids is 1. The average Bonchev–Trinajstić information content (AvgIpc) is 2.93. The van der Waals surface area contributed by atoms with Gasteiger partial charge in [-0.2, -0.15) is 13.2 Å². The molecule has 0 atom stereocenters. The first-order chi connectivity index (χ1) is 19.7. The first kappa shape index (κ1) is 30.8. The Bertz CT molecular complexity index is 1820. The number of halogens is 5. The van der Waals surface area contributed by atoms with Crippen LogP contribution in [0.15, 0.2) is 107 Å². The second-order valence-corrected chi connectivity index (χ2v) is 12.6. The Hall–Kier alpha value is -4.14. The van der Waals surface area contributed by atoms with Gasteiger partial charge in [-0.25, -0.2) is 21.2 Å². The van der Waals surface area contributed by atoms with Crippen molar-refractivity contribution in [1.82, 2.24) is 0 Å². The highest BCUT2D eigenvalue weighted by molar-refractivity contribution is 7.93. The minimum Gasteiger partial charge on any atom is -0.325 e. The Labute approximate surface area is 243 Å². The van der Waals surface area contributed by atoms with Crippen LogP contribution in [0.1, 0.15) is 5.56 Å². The van der Waals surface area contributed by atoms with Gasteiger partial charge >= 0.3 is 6.18 Å². The topological polar surface area (TPSA) is 113 Å². The van der Waals surface area contributed by atoms with E-state index in [1.807, 2.05) is 4.72 Å². The van der Waals surface area contributed by atoms with Crippen molar-refractivity contribution >= 4 is 54.6 Å². The monoisotopic (exact) mass is 641 g/mol. The fourth-order valence-electron chi connectivity index (χ4n) is 3.74. The number of benzene rings is 4. The number of amides is 1. The Morgan fingerprint density at radius 2 is 1.38 bits per heavy atom. The molecule has 0 saturated heterocycles. The second kappa shape index (κ2) is 12.0. The van der Waals surface area contributed by atoms with Crippen LogP contribution in [-0.4, -0.2) is 29.3 Å². The number of anilines is 3. The molecule has 4 rings (SSSR count). The number of hydrogen-bond donors (Lipinski definition) is 2. The lowest BCUT2D eigenvalue weighted by Crippen LogP contribution is -2.38. The predicted octanol–water partition coefficient (Wildman–Crippen LogP) is 6.13. The summed E-state index contributed by atoms with van der Waals surface area (Å²) in [6, 6.07) is 19.2. The molecule has 15 heteroatoms. The molecule has 0 saturated carbocycles. The zero-order valence-electron chi connectivity index (χ0n) is 21.1. The summed E-state index contributed by atoms with van der Waals surface area (Å²) in [5.41, 5.74) is -1.90. The van der Waals surface area contributed by atoms with Gasteiger partial charge in [-0.15, -0.1) is 0 Å². The third kappa shape index (κ3) is 7.01. The van der Waals surface area contributed by atoms with Crippen molar-refractivity contribution in [3.63, 3.8) is 0 Å². The fraction of sp³-hybridized carbons (Fsp3) is 0.0741. The van der Waals surface area contributed by atoms with Crippen molar-refractivity contribution in [3.8, 4) is 0 Å². The van der Waals surface area contributed by atoms with Crippen LogP contribution in [0.5, 0.6) is 0 Å². The molecule has 0 heterocycles. The van der Waals surface area contributed by atoms with E-state index in [0.717, 1.165) is 30.3 Å². The van der Waals surface area contributed by atoms with Gasteiger partial charge in [0.2, 0.25) is 5.91 Å².